The van der Waals surface area contributed by atoms with Gasteiger partial charge in [0.25, 0.3) is 5.91 Å². The standard InChI is InChI=1S/C19H15F2N3O3/c20-11-27-14-6-3-12(4-7-14)17(18-15(21)2-1-9-22-18)24-19(26)13-5-8-16(25)23-10-13/h1-10,17H,11H2,(H,23,25)(H,24,26)/t17-/m0/s1. The SMILES string of the molecule is O=C(N[C@@H](c1ccc(OCF)cc1)c1ncccc1F)c1ccc(=O)[nH]c1. The van der Waals surface area contributed by atoms with Crippen molar-refractivity contribution in [2.75, 3.05) is 6.86 Å². The molecule has 0 unspecified atom stereocenters. The Bertz CT molecular complexity index is 969. The lowest BCUT2D eigenvalue weighted by Gasteiger charge is -2.19. The Hall–Kier alpha value is -3.55. The molecule has 27 heavy (non-hydrogen) atoms. The van der Waals surface area contributed by atoms with Gasteiger partial charge in [-0.3, -0.25) is 14.6 Å². The summed E-state index contributed by atoms with van der Waals surface area (Å²) in [6.45, 7) is -0.972. The molecule has 8 heteroatoms. The molecule has 0 aliphatic carbocycles. The minimum Gasteiger partial charge on any atom is -0.463 e. The van der Waals surface area contributed by atoms with Crippen LogP contribution in [0.2, 0.25) is 0 Å². The van der Waals surface area contributed by atoms with Crippen molar-refractivity contribution in [3.8, 4) is 5.75 Å². The van der Waals surface area contributed by atoms with Gasteiger partial charge in [0.15, 0.2) is 0 Å². The molecule has 0 radical (unpaired) electrons. The number of amides is 1. The topological polar surface area (TPSA) is 84.1 Å². The fourth-order valence-corrected chi connectivity index (χ4v) is 2.51. The molecule has 0 fully saturated rings. The maximum absolute atomic E-state index is 14.3. The quantitative estimate of drug-likeness (QED) is 0.698. The van der Waals surface area contributed by atoms with E-state index in [-0.39, 0.29) is 16.8 Å². The number of alkyl halides is 1. The third-order valence-electron chi connectivity index (χ3n) is 3.82. The van der Waals surface area contributed by atoms with Crippen LogP contribution in [-0.4, -0.2) is 22.7 Å². The lowest BCUT2D eigenvalue weighted by atomic mass is 10.0. The molecule has 3 rings (SSSR count). The van der Waals surface area contributed by atoms with Gasteiger partial charge in [-0.2, -0.15) is 0 Å². The molecule has 0 spiro atoms. The Balaban J connectivity index is 1.95. The molecule has 138 valence electrons. The molecule has 0 aliphatic rings. The van der Waals surface area contributed by atoms with E-state index in [1.165, 1.54) is 48.8 Å². The molecule has 2 N–H and O–H groups in total. The summed E-state index contributed by atoms with van der Waals surface area (Å²) in [6.07, 6.45) is 2.68. The highest BCUT2D eigenvalue weighted by Gasteiger charge is 2.22. The molecule has 3 aromatic rings. The number of H-pyrrole nitrogens is 1. The number of nitrogens with zero attached hydrogens (tertiary/aromatic N) is 1. The number of carbonyl (C=O) groups excluding carboxylic acids is 1. The molecule has 0 aliphatic heterocycles. The van der Waals surface area contributed by atoms with Crippen molar-refractivity contribution < 1.29 is 18.3 Å². The van der Waals surface area contributed by atoms with Crippen LogP contribution in [0.15, 0.2) is 65.7 Å². The molecule has 1 atom stereocenters. The van der Waals surface area contributed by atoms with Crippen LogP contribution < -0.4 is 15.6 Å². The number of carbonyl (C=O) groups is 1. The zero-order valence-corrected chi connectivity index (χ0v) is 14.0. The van der Waals surface area contributed by atoms with Gasteiger partial charge in [-0.25, -0.2) is 8.78 Å². The van der Waals surface area contributed by atoms with Gasteiger partial charge in [0.2, 0.25) is 12.4 Å². The summed E-state index contributed by atoms with van der Waals surface area (Å²) in [5.74, 6) is -0.813. The average molecular weight is 371 g/mol. The highest BCUT2D eigenvalue weighted by atomic mass is 19.1. The molecule has 6 nitrogen and oxygen atoms in total. The van der Waals surface area contributed by atoms with E-state index < -0.39 is 24.6 Å². The number of aromatic amines is 1. The number of nitrogens with one attached hydrogen (secondary N) is 2. The Morgan fingerprint density at radius 1 is 1.19 bits per heavy atom. The zero-order valence-electron chi connectivity index (χ0n) is 14.0. The monoisotopic (exact) mass is 371 g/mol. The predicted molar refractivity (Wildman–Crippen MR) is 93.6 cm³/mol. The van der Waals surface area contributed by atoms with E-state index in [4.69, 9.17) is 4.74 Å². The van der Waals surface area contributed by atoms with Crippen LogP contribution in [-0.2, 0) is 0 Å². The van der Waals surface area contributed by atoms with Crippen LogP contribution in [0.3, 0.4) is 0 Å². The maximum Gasteiger partial charge on any atom is 0.253 e. The largest absolute Gasteiger partial charge is 0.463 e. The molecule has 0 bridgehead atoms. The van der Waals surface area contributed by atoms with Crippen molar-refractivity contribution in [2.24, 2.45) is 0 Å². The second kappa shape index (κ2) is 8.22. The number of pyridine rings is 2. The number of hydrogen-bond donors (Lipinski definition) is 2. The maximum atomic E-state index is 14.3. The summed E-state index contributed by atoms with van der Waals surface area (Å²) in [6, 6.07) is 10.5. The van der Waals surface area contributed by atoms with E-state index in [1.54, 1.807) is 12.1 Å². The number of halogens is 2. The molecular weight excluding hydrogens is 356 g/mol. The van der Waals surface area contributed by atoms with E-state index in [0.29, 0.717) is 11.3 Å². The first kappa shape index (κ1) is 18.2. The molecule has 0 saturated carbocycles. The van der Waals surface area contributed by atoms with Crippen LogP contribution in [0.1, 0.15) is 27.7 Å². The number of hydrogen-bond acceptors (Lipinski definition) is 4. The summed E-state index contributed by atoms with van der Waals surface area (Å²) in [7, 11) is 0. The number of rotatable bonds is 6. The molecule has 0 saturated heterocycles. The molecule has 1 aromatic carbocycles. The van der Waals surface area contributed by atoms with Gasteiger partial charge >= 0.3 is 0 Å². The van der Waals surface area contributed by atoms with Crippen molar-refractivity contribution in [2.45, 2.75) is 6.04 Å². The van der Waals surface area contributed by atoms with E-state index in [9.17, 15) is 18.4 Å². The van der Waals surface area contributed by atoms with Gasteiger partial charge in [0.05, 0.1) is 11.6 Å². The highest BCUT2D eigenvalue weighted by molar-refractivity contribution is 5.94. The summed E-state index contributed by atoms with van der Waals surface area (Å²) in [4.78, 5) is 30.1. The van der Waals surface area contributed by atoms with Gasteiger partial charge in [-0.15, -0.1) is 0 Å². The fourth-order valence-electron chi connectivity index (χ4n) is 2.51. The third kappa shape index (κ3) is 4.35. The zero-order chi connectivity index (χ0) is 19.2. The van der Waals surface area contributed by atoms with Crippen molar-refractivity contribution >= 4 is 5.91 Å². The van der Waals surface area contributed by atoms with E-state index in [2.05, 4.69) is 15.3 Å². The Morgan fingerprint density at radius 2 is 1.96 bits per heavy atom. The normalized spacial score (nSPS) is 11.6. The lowest BCUT2D eigenvalue weighted by molar-refractivity contribution is 0.0941. The summed E-state index contributed by atoms with van der Waals surface area (Å²) in [5.41, 5.74) is 0.404. The van der Waals surface area contributed by atoms with Crippen LogP contribution in [0.5, 0.6) is 5.75 Å². The first-order valence-electron chi connectivity index (χ1n) is 7.97. The first-order chi connectivity index (χ1) is 13.1. The van der Waals surface area contributed by atoms with Gasteiger partial charge < -0.3 is 15.0 Å². The number of aromatic nitrogens is 2. The Labute approximate surface area is 152 Å². The van der Waals surface area contributed by atoms with Gasteiger partial charge in [-0.1, -0.05) is 12.1 Å². The third-order valence-corrected chi connectivity index (χ3v) is 3.82. The van der Waals surface area contributed by atoms with Gasteiger partial charge in [0, 0.05) is 18.5 Å². The van der Waals surface area contributed by atoms with E-state index >= 15 is 0 Å². The van der Waals surface area contributed by atoms with Crippen LogP contribution >= 0.6 is 0 Å². The smallest absolute Gasteiger partial charge is 0.253 e. The molecule has 2 heterocycles. The fraction of sp³-hybridized carbons (Fsp3) is 0.105. The average Bonchev–Trinajstić information content (AvgIpc) is 2.68. The predicted octanol–water partition coefficient (Wildman–Crippen LogP) is 2.73. The van der Waals surface area contributed by atoms with E-state index in [1.807, 2.05) is 0 Å². The van der Waals surface area contributed by atoms with Crippen molar-refractivity contribution in [1.82, 2.24) is 15.3 Å². The second-order valence-corrected chi connectivity index (χ2v) is 5.54. The summed E-state index contributed by atoms with van der Waals surface area (Å²) >= 11 is 0. The minimum atomic E-state index is -0.972. The number of ether oxygens (including phenoxy) is 1. The molecule has 2 aromatic heterocycles. The molecule has 1 amide bonds. The summed E-state index contributed by atoms with van der Waals surface area (Å²) in [5, 5.41) is 2.70. The van der Waals surface area contributed by atoms with Crippen molar-refractivity contribution in [3.05, 3.63) is 93.9 Å². The van der Waals surface area contributed by atoms with Crippen LogP contribution in [0, 0.1) is 5.82 Å². The van der Waals surface area contributed by atoms with Crippen molar-refractivity contribution in [3.63, 3.8) is 0 Å². The van der Waals surface area contributed by atoms with Crippen LogP contribution in [0.4, 0.5) is 8.78 Å². The first-order valence-corrected chi connectivity index (χ1v) is 7.97. The van der Waals surface area contributed by atoms with Crippen LogP contribution in [0.25, 0.3) is 0 Å². The second-order valence-electron chi connectivity index (χ2n) is 5.54. The molecular formula is C19H15F2N3O3. The minimum absolute atomic E-state index is 0.0226. The summed E-state index contributed by atoms with van der Waals surface area (Å²) < 4.78 is 31.3. The van der Waals surface area contributed by atoms with Gasteiger partial charge in [-0.05, 0) is 35.9 Å². The lowest BCUT2D eigenvalue weighted by Crippen LogP contribution is -2.31. The Kier molecular flexibility index (Phi) is 5.55. The van der Waals surface area contributed by atoms with E-state index in [0.717, 1.165) is 0 Å². The van der Waals surface area contributed by atoms with Gasteiger partial charge in [0.1, 0.15) is 17.3 Å². The van der Waals surface area contributed by atoms with Crippen molar-refractivity contribution in [1.29, 1.82) is 0 Å². The Morgan fingerprint density at radius 3 is 2.59 bits per heavy atom. The number of benzene rings is 1. The highest BCUT2D eigenvalue weighted by Crippen LogP contribution is 2.25.